The minimum atomic E-state index is -2.53. The molecule has 130 valence electrons. The molecule has 25 heavy (non-hydrogen) atoms. The number of aromatic nitrogens is 3. The van der Waals surface area contributed by atoms with E-state index in [9.17, 15) is 13.6 Å². The molecular formula is C18H18F2N4O. The summed E-state index contributed by atoms with van der Waals surface area (Å²) in [5, 5.41) is 8.03. The first-order valence-electron chi connectivity index (χ1n) is 8.19. The number of alkyl halides is 2. The van der Waals surface area contributed by atoms with E-state index in [4.69, 9.17) is 0 Å². The number of carbonyl (C=O) groups excluding carboxylic acids is 1. The van der Waals surface area contributed by atoms with Gasteiger partial charge in [0.25, 0.3) is 12.3 Å². The highest BCUT2D eigenvalue weighted by Gasteiger charge is 2.41. The van der Waals surface area contributed by atoms with Crippen molar-refractivity contribution in [3.63, 3.8) is 0 Å². The molecule has 4 rings (SSSR count). The van der Waals surface area contributed by atoms with Crippen molar-refractivity contribution < 1.29 is 13.6 Å². The predicted octanol–water partition coefficient (Wildman–Crippen LogP) is 3.65. The summed E-state index contributed by atoms with van der Waals surface area (Å²) in [6, 6.07) is 6.06. The number of amides is 1. The second-order valence-corrected chi connectivity index (χ2v) is 6.62. The summed E-state index contributed by atoms with van der Waals surface area (Å²) < 4.78 is 27.4. The van der Waals surface area contributed by atoms with Gasteiger partial charge in [0, 0.05) is 35.3 Å². The van der Waals surface area contributed by atoms with E-state index < -0.39 is 12.0 Å². The van der Waals surface area contributed by atoms with E-state index in [1.165, 1.54) is 12.1 Å². The van der Waals surface area contributed by atoms with Gasteiger partial charge in [-0.1, -0.05) is 12.1 Å². The Balaban J connectivity index is 1.61. The number of fused-ring (bicyclic) bond motifs is 1. The van der Waals surface area contributed by atoms with Crippen LogP contribution in [-0.2, 0) is 12.6 Å². The van der Waals surface area contributed by atoms with Crippen molar-refractivity contribution in [2.45, 2.75) is 31.2 Å². The number of H-pyrrole nitrogens is 1. The van der Waals surface area contributed by atoms with E-state index in [0.29, 0.717) is 11.2 Å². The molecule has 0 atom stereocenters. The zero-order valence-electron chi connectivity index (χ0n) is 13.7. The van der Waals surface area contributed by atoms with Gasteiger partial charge in [-0.15, -0.1) is 0 Å². The van der Waals surface area contributed by atoms with Crippen molar-refractivity contribution in [2.75, 3.05) is 0 Å². The van der Waals surface area contributed by atoms with Gasteiger partial charge in [0.15, 0.2) is 0 Å². The smallest absolute Gasteiger partial charge is 0.268 e. The summed E-state index contributed by atoms with van der Waals surface area (Å²) in [6.45, 7) is 0. The molecule has 5 nitrogen and oxygen atoms in total. The van der Waals surface area contributed by atoms with Crippen LogP contribution >= 0.6 is 0 Å². The van der Waals surface area contributed by atoms with Crippen LogP contribution in [-0.4, -0.2) is 20.7 Å². The molecule has 0 bridgehead atoms. The minimum absolute atomic E-state index is 0.0628. The number of carbonyl (C=O) groups is 1. The molecule has 0 spiro atoms. The molecule has 0 radical (unpaired) electrons. The maximum Gasteiger partial charge on any atom is 0.268 e. The van der Waals surface area contributed by atoms with Gasteiger partial charge in [0.2, 0.25) is 0 Å². The summed E-state index contributed by atoms with van der Waals surface area (Å²) in [7, 11) is 1.84. The highest BCUT2D eigenvalue weighted by Crippen LogP contribution is 2.41. The zero-order valence-corrected chi connectivity index (χ0v) is 13.7. The zero-order chi connectivity index (χ0) is 17.6. The molecule has 7 heteroatoms. The monoisotopic (exact) mass is 344 g/mol. The lowest BCUT2D eigenvalue weighted by atomic mass is 9.73. The van der Waals surface area contributed by atoms with Crippen LogP contribution in [0.1, 0.15) is 47.3 Å². The third kappa shape index (κ3) is 2.69. The Kier molecular flexibility index (Phi) is 3.59. The van der Waals surface area contributed by atoms with Crippen LogP contribution in [0, 0.1) is 0 Å². The molecule has 1 amide bonds. The van der Waals surface area contributed by atoms with Crippen LogP contribution in [0.5, 0.6) is 0 Å². The minimum Gasteiger partial charge on any atom is -0.351 e. The fourth-order valence-electron chi connectivity index (χ4n) is 3.37. The SMILES string of the molecule is Cn1cc(C2(NC(=O)c3cc4ccc(C(F)F)cc4[nH]3)CCC2)cn1. The van der Waals surface area contributed by atoms with Crippen molar-refractivity contribution in [1.82, 2.24) is 20.1 Å². The first-order chi connectivity index (χ1) is 12.0. The van der Waals surface area contributed by atoms with Crippen molar-refractivity contribution in [1.29, 1.82) is 0 Å². The maximum absolute atomic E-state index is 12.8. The number of halogens is 2. The lowest BCUT2D eigenvalue weighted by Gasteiger charge is -2.41. The second kappa shape index (κ2) is 5.68. The number of hydrogen-bond donors (Lipinski definition) is 2. The van der Waals surface area contributed by atoms with Gasteiger partial charge in [0.05, 0.1) is 11.7 Å². The lowest BCUT2D eigenvalue weighted by Crippen LogP contribution is -2.50. The molecule has 2 N–H and O–H groups in total. The van der Waals surface area contributed by atoms with Gasteiger partial charge in [-0.2, -0.15) is 5.10 Å². The molecule has 1 aliphatic rings. The molecule has 3 aromatic rings. The van der Waals surface area contributed by atoms with Crippen molar-refractivity contribution in [3.8, 4) is 0 Å². The molecule has 2 heterocycles. The summed E-state index contributed by atoms with van der Waals surface area (Å²) in [4.78, 5) is 15.7. The molecule has 1 saturated carbocycles. The van der Waals surface area contributed by atoms with Crippen LogP contribution in [0.15, 0.2) is 36.7 Å². The van der Waals surface area contributed by atoms with Gasteiger partial charge in [0.1, 0.15) is 5.69 Å². The average Bonchev–Trinajstić information content (AvgIpc) is 3.16. The predicted molar refractivity (Wildman–Crippen MR) is 89.5 cm³/mol. The van der Waals surface area contributed by atoms with Crippen LogP contribution in [0.2, 0.25) is 0 Å². The second-order valence-electron chi connectivity index (χ2n) is 6.62. The lowest BCUT2D eigenvalue weighted by molar-refractivity contribution is 0.0819. The number of hydrogen-bond acceptors (Lipinski definition) is 2. The Bertz CT molecular complexity index is 940. The van der Waals surface area contributed by atoms with Crippen molar-refractivity contribution >= 4 is 16.8 Å². The van der Waals surface area contributed by atoms with Crippen LogP contribution in [0.25, 0.3) is 10.9 Å². The topological polar surface area (TPSA) is 62.7 Å². The number of nitrogens with one attached hydrogen (secondary N) is 2. The van der Waals surface area contributed by atoms with Crippen LogP contribution in [0.3, 0.4) is 0 Å². The first kappa shape index (κ1) is 15.8. The molecule has 0 saturated heterocycles. The van der Waals surface area contributed by atoms with E-state index in [2.05, 4.69) is 15.4 Å². The van der Waals surface area contributed by atoms with E-state index in [0.717, 1.165) is 30.2 Å². The number of benzene rings is 1. The van der Waals surface area contributed by atoms with Gasteiger partial charge < -0.3 is 10.3 Å². The molecule has 1 fully saturated rings. The quantitative estimate of drug-likeness (QED) is 0.759. The largest absolute Gasteiger partial charge is 0.351 e. The molecule has 1 aliphatic carbocycles. The molecule has 0 unspecified atom stereocenters. The van der Waals surface area contributed by atoms with Gasteiger partial charge in [-0.25, -0.2) is 8.78 Å². The van der Waals surface area contributed by atoms with Crippen molar-refractivity contribution in [2.24, 2.45) is 7.05 Å². The number of rotatable bonds is 4. The summed E-state index contributed by atoms with van der Waals surface area (Å²) in [6.07, 6.45) is 3.92. The third-order valence-corrected chi connectivity index (χ3v) is 4.96. The molecule has 1 aromatic carbocycles. The summed E-state index contributed by atoms with van der Waals surface area (Å²) >= 11 is 0. The van der Waals surface area contributed by atoms with Crippen LogP contribution < -0.4 is 5.32 Å². The van der Waals surface area contributed by atoms with Gasteiger partial charge >= 0.3 is 0 Å². The maximum atomic E-state index is 12.8. The normalized spacial score (nSPS) is 16.2. The standard InChI is InChI=1S/C18H18F2N4O/c1-24-10-13(9-21-24)18(5-2-6-18)23-17(25)15-7-11-3-4-12(16(19)20)8-14(11)22-15/h3-4,7-10,16,22H,2,5-6H2,1H3,(H,23,25). The Labute approximate surface area is 143 Å². The van der Waals surface area contributed by atoms with Crippen LogP contribution in [0.4, 0.5) is 8.78 Å². The summed E-state index contributed by atoms with van der Waals surface area (Å²) in [5.41, 5.74) is 1.44. The third-order valence-electron chi connectivity index (χ3n) is 4.96. The molecule has 0 aliphatic heterocycles. The van der Waals surface area contributed by atoms with Crippen molar-refractivity contribution in [3.05, 3.63) is 53.5 Å². The number of nitrogens with zero attached hydrogens (tertiary/aromatic N) is 2. The summed E-state index contributed by atoms with van der Waals surface area (Å²) in [5.74, 6) is -0.238. The van der Waals surface area contributed by atoms with E-state index in [-0.39, 0.29) is 11.5 Å². The number of aromatic amines is 1. The Hall–Kier alpha value is -2.70. The average molecular weight is 344 g/mol. The molecular weight excluding hydrogens is 326 g/mol. The first-order valence-corrected chi connectivity index (χ1v) is 8.19. The fourth-order valence-corrected chi connectivity index (χ4v) is 3.37. The van der Waals surface area contributed by atoms with Gasteiger partial charge in [-0.05, 0) is 31.4 Å². The Morgan fingerprint density at radius 2 is 2.16 bits per heavy atom. The van der Waals surface area contributed by atoms with E-state index in [1.54, 1.807) is 23.0 Å². The molecule has 2 aromatic heterocycles. The highest BCUT2D eigenvalue weighted by atomic mass is 19.3. The Morgan fingerprint density at radius 3 is 2.76 bits per heavy atom. The van der Waals surface area contributed by atoms with E-state index in [1.807, 2.05) is 13.2 Å². The Morgan fingerprint density at radius 1 is 1.36 bits per heavy atom. The number of aryl methyl sites for hydroxylation is 1. The van der Waals surface area contributed by atoms with Gasteiger partial charge in [-0.3, -0.25) is 9.48 Å². The highest BCUT2D eigenvalue weighted by molar-refractivity contribution is 5.98. The fraction of sp³-hybridized carbons (Fsp3) is 0.333. The van der Waals surface area contributed by atoms with E-state index >= 15 is 0 Å².